The highest BCUT2D eigenvalue weighted by atomic mass is 16.6. The summed E-state index contributed by atoms with van der Waals surface area (Å²) in [5.41, 5.74) is -0.335. The smallest absolute Gasteiger partial charge is 0.235 e. The van der Waals surface area contributed by atoms with Crippen LogP contribution in [0.1, 0.15) is 27.0 Å². The maximum Gasteiger partial charge on any atom is 0.235 e. The minimum Gasteiger partial charge on any atom is -0.372 e. The first kappa shape index (κ1) is 11.8. The summed E-state index contributed by atoms with van der Waals surface area (Å²) in [5, 5.41) is 21.8. The number of carbonyl (C=O) groups is 1. The van der Waals surface area contributed by atoms with Crippen molar-refractivity contribution in [2.24, 2.45) is 0 Å². The Kier molecular flexibility index (Phi) is 2.09. The molecule has 2 unspecified atom stereocenters. The van der Waals surface area contributed by atoms with Gasteiger partial charge >= 0.3 is 0 Å². The molecule has 0 spiro atoms. The fraction of sp³-hybridized carbons (Fsp3) is 0.188. The maximum absolute atomic E-state index is 12.6. The van der Waals surface area contributed by atoms with Gasteiger partial charge in [-0.2, -0.15) is 0 Å². The summed E-state index contributed by atoms with van der Waals surface area (Å²) in [5.74, 6) is -2.54. The molecule has 0 amide bonds. The van der Waals surface area contributed by atoms with Crippen molar-refractivity contribution in [2.45, 2.75) is 18.0 Å². The third-order valence-electron chi connectivity index (χ3n) is 4.20. The molecule has 2 aromatic rings. The van der Waals surface area contributed by atoms with Crippen molar-refractivity contribution in [1.82, 2.24) is 0 Å². The van der Waals surface area contributed by atoms with E-state index in [1.54, 1.807) is 42.5 Å². The zero-order chi connectivity index (χ0) is 14.0. The maximum atomic E-state index is 12.6. The molecule has 2 atom stereocenters. The Morgan fingerprint density at radius 3 is 2.40 bits per heavy atom. The summed E-state index contributed by atoms with van der Waals surface area (Å²) in [6.07, 6.45) is 0. The predicted octanol–water partition coefficient (Wildman–Crippen LogP) is 1.45. The van der Waals surface area contributed by atoms with E-state index in [0.717, 1.165) is 0 Å². The summed E-state index contributed by atoms with van der Waals surface area (Å²) < 4.78 is 5.50. The van der Waals surface area contributed by atoms with Crippen LogP contribution < -0.4 is 0 Å². The minimum absolute atomic E-state index is 0.149. The van der Waals surface area contributed by atoms with Crippen molar-refractivity contribution in [3.05, 3.63) is 70.8 Å². The molecule has 1 heterocycles. The van der Waals surface area contributed by atoms with E-state index >= 15 is 0 Å². The first-order valence-electron chi connectivity index (χ1n) is 6.40. The van der Waals surface area contributed by atoms with Gasteiger partial charge in [0.2, 0.25) is 17.2 Å². The number of fused-ring (bicyclic) bond motifs is 5. The van der Waals surface area contributed by atoms with Crippen molar-refractivity contribution in [2.75, 3.05) is 0 Å². The van der Waals surface area contributed by atoms with E-state index in [0.29, 0.717) is 22.3 Å². The van der Waals surface area contributed by atoms with Gasteiger partial charge in [0.25, 0.3) is 0 Å². The second kappa shape index (κ2) is 3.55. The van der Waals surface area contributed by atoms with Crippen LogP contribution in [0.15, 0.2) is 48.5 Å². The van der Waals surface area contributed by atoms with Gasteiger partial charge in [0.05, 0.1) is 6.61 Å². The topological polar surface area (TPSA) is 66.8 Å². The van der Waals surface area contributed by atoms with Gasteiger partial charge in [-0.05, 0) is 5.56 Å². The molecule has 20 heavy (non-hydrogen) atoms. The number of rotatable bonds is 0. The van der Waals surface area contributed by atoms with Crippen molar-refractivity contribution < 1.29 is 19.7 Å². The van der Waals surface area contributed by atoms with Gasteiger partial charge < -0.3 is 14.9 Å². The molecular weight excluding hydrogens is 256 g/mol. The van der Waals surface area contributed by atoms with Crippen LogP contribution in [-0.2, 0) is 22.7 Å². The van der Waals surface area contributed by atoms with Gasteiger partial charge in [-0.3, -0.25) is 4.79 Å². The summed E-state index contributed by atoms with van der Waals surface area (Å²) >= 11 is 0. The highest BCUT2D eigenvalue weighted by molar-refractivity contribution is 6.08. The lowest BCUT2D eigenvalue weighted by molar-refractivity contribution is -0.306. The summed E-state index contributed by atoms with van der Waals surface area (Å²) in [6, 6.07) is 13.6. The van der Waals surface area contributed by atoms with Crippen LogP contribution >= 0.6 is 0 Å². The van der Waals surface area contributed by atoms with Crippen LogP contribution in [0.25, 0.3) is 0 Å². The van der Waals surface area contributed by atoms with Crippen LogP contribution in [0.4, 0.5) is 0 Å². The number of hydrogen-bond acceptors (Lipinski definition) is 4. The lowest BCUT2D eigenvalue weighted by atomic mass is 9.80. The summed E-state index contributed by atoms with van der Waals surface area (Å²) in [4.78, 5) is 12.6. The third-order valence-corrected chi connectivity index (χ3v) is 4.20. The Hall–Kier alpha value is -2.01. The zero-order valence-corrected chi connectivity index (χ0v) is 10.5. The second-order valence-electron chi connectivity index (χ2n) is 5.17. The van der Waals surface area contributed by atoms with Crippen molar-refractivity contribution in [1.29, 1.82) is 0 Å². The van der Waals surface area contributed by atoms with E-state index in [2.05, 4.69) is 0 Å². The molecule has 4 heteroatoms. The van der Waals surface area contributed by atoms with Gasteiger partial charge in [0, 0.05) is 16.7 Å². The number of aliphatic hydroxyl groups is 2. The van der Waals surface area contributed by atoms with Crippen LogP contribution in [-0.4, -0.2) is 16.0 Å². The number of benzene rings is 2. The zero-order valence-electron chi connectivity index (χ0n) is 10.5. The molecule has 2 aromatic carbocycles. The SMILES string of the molecule is O=C1c2ccccc2C2(O)OCc3ccccc3C12O. The molecule has 0 saturated carbocycles. The van der Waals surface area contributed by atoms with Crippen molar-refractivity contribution in [3.8, 4) is 0 Å². The number of hydrogen-bond donors (Lipinski definition) is 2. The minimum atomic E-state index is -2.08. The fourth-order valence-electron chi connectivity index (χ4n) is 3.19. The number of carbonyl (C=O) groups excluding carboxylic acids is 1. The standard InChI is InChI=1S/C16H12O4/c17-14-11-6-2-4-8-13(11)16(19)15(14,18)12-7-3-1-5-10(12)9-20-16/h1-8,18-19H,9H2. The Morgan fingerprint density at radius 1 is 0.950 bits per heavy atom. The van der Waals surface area contributed by atoms with E-state index in [9.17, 15) is 15.0 Å². The molecule has 1 aliphatic carbocycles. The first-order valence-corrected chi connectivity index (χ1v) is 6.40. The molecule has 4 nitrogen and oxygen atoms in total. The lowest BCUT2D eigenvalue weighted by Crippen LogP contribution is -2.54. The predicted molar refractivity (Wildman–Crippen MR) is 69.8 cm³/mol. The monoisotopic (exact) mass is 268 g/mol. The van der Waals surface area contributed by atoms with Crippen LogP contribution in [0, 0.1) is 0 Å². The highest BCUT2D eigenvalue weighted by Gasteiger charge is 2.66. The number of ketones is 1. The summed E-state index contributed by atoms with van der Waals surface area (Å²) in [7, 11) is 0. The lowest BCUT2D eigenvalue weighted by Gasteiger charge is -2.41. The Morgan fingerprint density at radius 2 is 1.60 bits per heavy atom. The van der Waals surface area contributed by atoms with Crippen molar-refractivity contribution >= 4 is 5.78 Å². The number of ether oxygens (including phenoxy) is 1. The van der Waals surface area contributed by atoms with E-state index in [1.165, 1.54) is 0 Å². The molecule has 2 aliphatic rings. The Balaban J connectivity index is 2.07. The van der Waals surface area contributed by atoms with E-state index < -0.39 is 17.2 Å². The van der Waals surface area contributed by atoms with E-state index in [1.807, 2.05) is 6.07 Å². The molecule has 100 valence electrons. The molecule has 0 bridgehead atoms. The number of Topliss-reactive ketones (excluding diaryl/α,β-unsaturated/α-hetero) is 1. The molecular formula is C16H12O4. The molecule has 0 aromatic heterocycles. The van der Waals surface area contributed by atoms with Gasteiger partial charge in [-0.1, -0.05) is 48.5 Å². The molecule has 0 fully saturated rings. The fourth-order valence-corrected chi connectivity index (χ4v) is 3.19. The highest BCUT2D eigenvalue weighted by Crippen LogP contribution is 2.54. The first-order chi connectivity index (χ1) is 9.59. The summed E-state index contributed by atoms with van der Waals surface area (Å²) in [6.45, 7) is 0.149. The van der Waals surface area contributed by atoms with Crippen LogP contribution in [0.2, 0.25) is 0 Å². The van der Waals surface area contributed by atoms with Crippen LogP contribution in [0.5, 0.6) is 0 Å². The van der Waals surface area contributed by atoms with E-state index in [-0.39, 0.29) is 6.61 Å². The van der Waals surface area contributed by atoms with Crippen molar-refractivity contribution in [3.63, 3.8) is 0 Å². The normalized spacial score (nSPS) is 30.6. The molecule has 4 rings (SSSR count). The molecule has 0 saturated heterocycles. The van der Waals surface area contributed by atoms with E-state index in [4.69, 9.17) is 4.74 Å². The molecule has 0 radical (unpaired) electrons. The second-order valence-corrected chi connectivity index (χ2v) is 5.17. The van der Waals surface area contributed by atoms with Gasteiger partial charge in [-0.25, -0.2) is 0 Å². The Labute approximate surface area is 115 Å². The Bertz CT molecular complexity index is 739. The van der Waals surface area contributed by atoms with Gasteiger partial charge in [0.15, 0.2) is 0 Å². The molecule has 1 aliphatic heterocycles. The van der Waals surface area contributed by atoms with Gasteiger partial charge in [-0.15, -0.1) is 0 Å². The average Bonchev–Trinajstić information content (AvgIpc) is 2.67. The molecule has 2 N–H and O–H groups in total. The largest absolute Gasteiger partial charge is 0.372 e. The third kappa shape index (κ3) is 1.11. The average molecular weight is 268 g/mol. The quantitative estimate of drug-likeness (QED) is 0.759. The van der Waals surface area contributed by atoms with Crippen LogP contribution in [0.3, 0.4) is 0 Å². The van der Waals surface area contributed by atoms with Gasteiger partial charge in [0.1, 0.15) is 0 Å².